The van der Waals surface area contributed by atoms with Crippen molar-refractivity contribution >= 4 is 42.9 Å². The van der Waals surface area contributed by atoms with Gasteiger partial charge in [-0.05, 0) is 29.7 Å². The summed E-state index contributed by atoms with van der Waals surface area (Å²) >= 11 is 1.86. The summed E-state index contributed by atoms with van der Waals surface area (Å²) in [5.74, 6) is 0.493. The van der Waals surface area contributed by atoms with E-state index in [1.54, 1.807) is 0 Å². The van der Waals surface area contributed by atoms with Gasteiger partial charge in [0.15, 0.2) is 0 Å². The third-order valence-corrected chi connectivity index (χ3v) is 6.20. The van der Waals surface area contributed by atoms with Crippen LogP contribution in [0.15, 0.2) is 60.7 Å². The highest BCUT2D eigenvalue weighted by atomic mass is 32.1. The van der Waals surface area contributed by atoms with Gasteiger partial charge < -0.3 is 4.90 Å². The van der Waals surface area contributed by atoms with Gasteiger partial charge in [0, 0.05) is 22.5 Å². The zero-order valence-corrected chi connectivity index (χ0v) is 16.0. The fraction of sp³-hybridized carbons (Fsp3) is 0.174. The van der Waals surface area contributed by atoms with Crippen LogP contribution in [0.25, 0.3) is 20.2 Å². The first kappa shape index (κ1) is 16.6. The van der Waals surface area contributed by atoms with Crippen LogP contribution >= 0.6 is 11.3 Å². The lowest BCUT2D eigenvalue weighted by molar-refractivity contribution is 0.878. The Morgan fingerprint density at radius 3 is 2.23 bits per heavy atom. The molecule has 0 saturated carbocycles. The number of hydrogen-bond acceptors (Lipinski definition) is 3. The van der Waals surface area contributed by atoms with Gasteiger partial charge in [0.2, 0.25) is 0 Å². The van der Waals surface area contributed by atoms with E-state index in [1.807, 2.05) is 42.6 Å². The van der Waals surface area contributed by atoms with Crippen molar-refractivity contribution < 1.29 is 0 Å². The molecule has 2 nitrogen and oxygen atoms in total. The van der Waals surface area contributed by atoms with E-state index in [1.165, 1.54) is 25.7 Å². The molecule has 0 aliphatic carbocycles. The Hall–Kier alpha value is -2.83. The number of rotatable bonds is 3. The Kier molecular flexibility index (Phi) is 4.14. The molecular weight excluding hydrogens is 336 g/mol. The number of hydrogen-bond donors (Lipinski definition) is 0. The van der Waals surface area contributed by atoms with Crippen LogP contribution in [-0.2, 0) is 0 Å². The third kappa shape index (κ3) is 2.55. The van der Waals surface area contributed by atoms with Crippen LogP contribution < -0.4 is 4.90 Å². The van der Waals surface area contributed by atoms with Crippen LogP contribution in [0.4, 0.5) is 11.4 Å². The molecule has 0 fully saturated rings. The maximum atomic E-state index is 9.47. The predicted molar refractivity (Wildman–Crippen MR) is 113 cm³/mol. The minimum absolute atomic E-state index is 0.493. The van der Waals surface area contributed by atoms with Gasteiger partial charge in [0.1, 0.15) is 6.07 Å². The standard InChI is InChI=1S/C23H20N2S/c1-15(2)17-9-6-10-18-19-11-7-13-21(23(19)26-22(17)18)25(3)20-12-5-4-8-16(20)14-24/h4-13,15H,1-3H3. The number of para-hydroxylation sites is 1. The fourth-order valence-electron chi connectivity index (χ4n) is 3.54. The number of fused-ring (bicyclic) bond motifs is 3. The SMILES string of the molecule is CC(C)c1cccc2c1sc1c(N(C)c3ccccc3C#N)cccc12. The molecule has 128 valence electrons. The average molecular weight is 356 g/mol. The fourth-order valence-corrected chi connectivity index (χ4v) is 5.05. The molecule has 0 amide bonds. The zero-order valence-electron chi connectivity index (χ0n) is 15.2. The van der Waals surface area contributed by atoms with Gasteiger partial charge in [-0.2, -0.15) is 5.26 Å². The molecule has 0 atom stereocenters. The lowest BCUT2D eigenvalue weighted by Gasteiger charge is -2.21. The van der Waals surface area contributed by atoms with Gasteiger partial charge in [0.05, 0.1) is 21.6 Å². The molecule has 3 aromatic carbocycles. The van der Waals surface area contributed by atoms with Crippen molar-refractivity contribution in [2.24, 2.45) is 0 Å². The summed E-state index contributed by atoms with van der Waals surface area (Å²) in [5, 5.41) is 12.1. The first-order chi connectivity index (χ1) is 12.6. The van der Waals surface area contributed by atoms with Gasteiger partial charge in [-0.3, -0.25) is 0 Å². The molecule has 0 N–H and O–H groups in total. The summed E-state index contributed by atoms with van der Waals surface area (Å²) in [5.41, 5.74) is 4.16. The normalized spacial score (nSPS) is 11.2. The quantitative estimate of drug-likeness (QED) is 0.403. The van der Waals surface area contributed by atoms with E-state index in [4.69, 9.17) is 0 Å². The van der Waals surface area contributed by atoms with E-state index in [0.717, 1.165) is 11.4 Å². The van der Waals surface area contributed by atoms with Crippen LogP contribution in [0.5, 0.6) is 0 Å². The summed E-state index contributed by atoms with van der Waals surface area (Å²) in [6.45, 7) is 4.49. The van der Waals surface area contributed by atoms with Gasteiger partial charge >= 0.3 is 0 Å². The first-order valence-corrected chi connectivity index (χ1v) is 9.60. The van der Waals surface area contributed by atoms with Crippen LogP contribution in [0.1, 0.15) is 30.9 Å². The van der Waals surface area contributed by atoms with Crippen molar-refractivity contribution in [2.75, 3.05) is 11.9 Å². The molecule has 0 radical (unpaired) electrons. The van der Waals surface area contributed by atoms with Gasteiger partial charge in [-0.1, -0.05) is 56.3 Å². The Bertz CT molecular complexity index is 1150. The van der Waals surface area contributed by atoms with Crippen molar-refractivity contribution in [3.05, 3.63) is 71.8 Å². The zero-order chi connectivity index (χ0) is 18.3. The molecule has 3 heteroatoms. The van der Waals surface area contributed by atoms with Crippen molar-refractivity contribution in [2.45, 2.75) is 19.8 Å². The monoisotopic (exact) mass is 356 g/mol. The van der Waals surface area contributed by atoms with Crippen molar-refractivity contribution in [1.82, 2.24) is 0 Å². The summed E-state index contributed by atoms with van der Waals surface area (Å²) in [7, 11) is 2.04. The molecule has 1 heterocycles. The molecule has 0 aliphatic heterocycles. The highest BCUT2D eigenvalue weighted by Crippen LogP contribution is 2.43. The molecule has 26 heavy (non-hydrogen) atoms. The summed E-state index contributed by atoms with van der Waals surface area (Å²) < 4.78 is 2.64. The van der Waals surface area contributed by atoms with E-state index in [2.05, 4.69) is 61.2 Å². The van der Waals surface area contributed by atoms with Crippen LogP contribution in [-0.4, -0.2) is 7.05 Å². The second kappa shape index (κ2) is 6.48. The lowest BCUT2D eigenvalue weighted by Crippen LogP contribution is -2.10. The maximum Gasteiger partial charge on any atom is 0.101 e. The summed E-state index contributed by atoms with van der Waals surface area (Å²) in [6, 6.07) is 23.1. The van der Waals surface area contributed by atoms with E-state index in [9.17, 15) is 5.26 Å². The van der Waals surface area contributed by atoms with E-state index in [-0.39, 0.29) is 0 Å². The van der Waals surface area contributed by atoms with E-state index in [0.29, 0.717) is 11.5 Å². The first-order valence-electron chi connectivity index (χ1n) is 8.79. The Labute approximate surface area is 157 Å². The molecule has 0 saturated heterocycles. The largest absolute Gasteiger partial charge is 0.342 e. The number of thiophene rings is 1. The van der Waals surface area contributed by atoms with Gasteiger partial charge in [-0.15, -0.1) is 11.3 Å². The number of benzene rings is 3. The summed E-state index contributed by atoms with van der Waals surface area (Å²) in [6.07, 6.45) is 0. The second-order valence-corrected chi connectivity index (χ2v) is 7.84. The number of nitrogens with zero attached hydrogens (tertiary/aromatic N) is 2. The van der Waals surface area contributed by atoms with Gasteiger partial charge in [0.25, 0.3) is 0 Å². The molecule has 4 aromatic rings. The van der Waals surface area contributed by atoms with Crippen LogP contribution in [0, 0.1) is 11.3 Å². The van der Waals surface area contributed by atoms with Crippen molar-refractivity contribution in [1.29, 1.82) is 5.26 Å². The minimum atomic E-state index is 0.493. The molecule has 0 aliphatic rings. The van der Waals surface area contributed by atoms with E-state index >= 15 is 0 Å². The van der Waals surface area contributed by atoms with Gasteiger partial charge in [-0.25, -0.2) is 0 Å². The van der Waals surface area contributed by atoms with Crippen LogP contribution in [0.3, 0.4) is 0 Å². The Morgan fingerprint density at radius 2 is 1.50 bits per heavy atom. The minimum Gasteiger partial charge on any atom is -0.342 e. The lowest BCUT2D eigenvalue weighted by atomic mass is 10.0. The molecule has 0 unspecified atom stereocenters. The van der Waals surface area contributed by atoms with Crippen LogP contribution in [0.2, 0.25) is 0 Å². The number of nitriles is 1. The predicted octanol–water partition coefficient (Wildman–Crippen LogP) is 6.82. The Morgan fingerprint density at radius 1 is 0.846 bits per heavy atom. The second-order valence-electron chi connectivity index (χ2n) is 6.82. The third-order valence-electron chi connectivity index (χ3n) is 4.90. The molecule has 0 bridgehead atoms. The number of anilines is 2. The maximum absolute atomic E-state index is 9.47. The highest BCUT2D eigenvalue weighted by molar-refractivity contribution is 7.26. The average Bonchev–Trinajstić information content (AvgIpc) is 3.06. The topological polar surface area (TPSA) is 27.0 Å². The molecule has 0 spiro atoms. The highest BCUT2D eigenvalue weighted by Gasteiger charge is 2.16. The Balaban J connectivity index is 1.98. The van der Waals surface area contributed by atoms with Crippen molar-refractivity contribution in [3.8, 4) is 6.07 Å². The smallest absolute Gasteiger partial charge is 0.101 e. The molecule has 4 rings (SSSR count). The molecular formula is C23H20N2S. The van der Waals surface area contributed by atoms with Crippen molar-refractivity contribution in [3.63, 3.8) is 0 Å². The molecule has 1 aromatic heterocycles. The summed E-state index contributed by atoms with van der Waals surface area (Å²) in [4.78, 5) is 2.13. The van der Waals surface area contributed by atoms with E-state index < -0.39 is 0 Å².